The smallest absolute Gasteiger partial charge is 0.255 e. The van der Waals surface area contributed by atoms with Crippen LogP contribution in [0, 0.1) is 0 Å². The van der Waals surface area contributed by atoms with E-state index >= 15 is 4.39 Å². The molecule has 0 spiro atoms. The van der Waals surface area contributed by atoms with Gasteiger partial charge in [-0.1, -0.05) is 35.9 Å². The molecular weight excluding hydrogens is 609 g/mol. The van der Waals surface area contributed by atoms with Crippen molar-refractivity contribution in [3.8, 4) is 0 Å². The molecule has 0 aliphatic carbocycles. The van der Waals surface area contributed by atoms with Gasteiger partial charge in [-0.15, -0.1) is 0 Å². The minimum Gasteiger partial charge on any atom is -0.368 e. The standard InChI is InChI=1S/C34H37ClFN7O3/c35-25-16-37-34(38-17-25)39-29-11-14-42(20-28(29)36)26-4-1-21(2-5-26)18-41-12-9-22(10-13-41)23-3-6-27-24(15-23)19-43(33(27)46)30-7-8-31(44)40-32(30)45/h1-6,15-17,22,28-30H,7-14,18-20H2,(H,37,38,39)(H,40,44,45)/t28-,29+,30?/m1/s1. The molecule has 3 aromatic rings. The zero-order valence-electron chi connectivity index (χ0n) is 25.5. The predicted molar refractivity (Wildman–Crippen MR) is 172 cm³/mol. The number of nitrogens with one attached hydrogen (secondary N) is 2. The zero-order valence-corrected chi connectivity index (χ0v) is 26.3. The summed E-state index contributed by atoms with van der Waals surface area (Å²) in [5, 5.41) is 5.91. The minimum atomic E-state index is -1.05. The van der Waals surface area contributed by atoms with Crippen molar-refractivity contribution in [2.45, 2.75) is 69.4 Å². The van der Waals surface area contributed by atoms with E-state index in [0.29, 0.717) is 48.4 Å². The lowest BCUT2D eigenvalue weighted by atomic mass is 9.87. The van der Waals surface area contributed by atoms with Gasteiger partial charge in [-0.3, -0.25) is 24.6 Å². The van der Waals surface area contributed by atoms with Crippen LogP contribution in [0.2, 0.25) is 5.02 Å². The number of imide groups is 1. The number of hydrogen-bond acceptors (Lipinski definition) is 8. The molecule has 10 nitrogen and oxygen atoms in total. The van der Waals surface area contributed by atoms with Gasteiger partial charge < -0.3 is 15.1 Å². The summed E-state index contributed by atoms with van der Waals surface area (Å²) in [6.45, 7) is 4.28. The molecule has 2 aromatic carbocycles. The Bertz CT molecular complexity index is 1610. The number of halogens is 2. The SMILES string of the molecule is O=C1CCC(N2Cc3cc(C4CCN(Cc5ccc(N6CC[C@H](Nc7ncc(Cl)cn7)[C@H](F)C6)cc5)CC4)ccc3C2=O)C(=O)N1. The van der Waals surface area contributed by atoms with E-state index in [9.17, 15) is 14.4 Å². The Balaban J connectivity index is 0.892. The van der Waals surface area contributed by atoms with Gasteiger partial charge in [-0.2, -0.15) is 0 Å². The molecule has 3 amide bonds. The van der Waals surface area contributed by atoms with Crippen LogP contribution >= 0.6 is 11.6 Å². The highest BCUT2D eigenvalue weighted by Crippen LogP contribution is 2.34. The fourth-order valence-corrected chi connectivity index (χ4v) is 7.30. The molecule has 0 bridgehead atoms. The van der Waals surface area contributed by atoms with Crippen molar-refractivity contribution >= 4 is 41.0 Å². The molecule has 240 valence electrons. The second-order valence-corrected chi connectivity index (χ2v) is 13.2. The molecule has 46 heavy (non-hydrogen) atoms. The van der Waals surface area contributed by atoms with Crippen molar-refractivity contribution in [3.05, 3.63) is 82.1 Å². The first-order valence-electron chi connectivity index (χ1n) is 16.0. The van der Waals surface area contributed by atoms with Gasteiger partial charge in [0.15, 0.2) is 0 Å². The Morgan fingerprint density at radius 1 is 0.957 bits per heavy atom. The van der Waals surface area contributed by atoms with Gasteiger partial charge in [-0.25, -0.2) is 14.4 Å². The number of carbonyl (C=O) groups is 3. The Kier molecular flexibility index (Phi) is 8.61. The van der Waals surface area contributed by atoms with Crippen LogP contribution in [0.3, 0.4) is 0 Å². The molecule has 3 atom stereocenters. The lowest BCUT2D eigenvalue weighted by molar-refractivity contribution is -0.136. The molecule has 1 aromatic heterocycles. The van der Waals surface area contributed by atoms with E-state index in [-0.39, 0.29) is 30.2 Å². The van der Waals surface area contributed by atoms with Crippen LogP contribution in [-0.2, 0) is 22.7 Å². The third-order valence-corrected chi connectivity index (χ3v) is 9.99. The van der Waals surface area contributed by atoms with E-state index in [0.717, 1.165) is 50.3 Å². The Labute approximate surface area is 272 Å². The maximum Gasteiger partial charge on any atom is 0.255 e. The fourth-order valence-electron chi connectivity index (χ4n) is 7.20. The van der Waals surface area contributed by atoms with Crippen molar-refractivity contribution in [1.29, 1.82) is 0 Å². The number of hydrogen-bond donors (Lipinski definition) is 2. The topological polar surface area (TPSA) is 111 Å². The Hall–Kier alpha value is -4.09. The van der Waals surface area contributed by atoms with Crippen LogP contribution in [-0.4, -0.2) is 81.9 Å². The number of anilines is 2. The molecule has 3 fully saturated rings. The summed E-state index contributed by atoms with van der Waals surface area (Å²) >= 11 is 5.85. The summed E-state index contributed by atoms with van der Waals surface area (Å²) in [5.41, 5.74) is 5.12. The molecule has 1 unspecified atom stereocenters. The maximum atomic E-state index is 15.1. The molecule has 3 saturated heterocycles. The van der Waals surface area contributed by atoms with Gasteiger partial charge in [0.2, 0.25) is 17.8 Å². The van der Waals surface area contributed by atoms with Gasteiger partial charge >= 0.3 is 0 Å². The number of nitrogens with zero attached hydrogens (tertiary/aromatic N) is 5. The monoisotopic (exact) mass is 645 g/mol. The maximum absolute atomic E-state index is 15.1. The number of fused-ring (bicyclic) bond motifs is 1. The van der Waals surface area contributed by atoms with Gasteiger partial charge in [0.25, 0.3) is 5.91 Å². The lowest BCUT2D eigenvalue weighted by Gasteiger charge is -2.36. The third kappa shape index (κ3) is 6.43. The van der Waals surface area contributed by atoms with Crippen LogP contribution < -0.4 is 15.5 Å². The van der Waals surface area contributed by atoms with Crippen LogP contribution in [0.5, 0.6) is 0 Å². The van der Waals surface area contributed by atoms with E-state index in [4.69, 9.17) is 11.6 Å². The highest BCUT2D eigenvalue weighted by molar-refractivity contribution is 6.30. The Morgan fingerprint density at radius 2 is 1.72 bits per heavy atom. The van der Waals surface area contributed by atoms with E-state index in [1.54, 1.807) is 4.90 Å². The molecule has 12 heteroatoms. The Morgan fingerprint density at radius 3 is 2.43 bits per heavy atom. The summed E-state index contributed by atoms with van der Waals surface area (Å²) in [5.74, 6) is 0.0147. The van der Waals surface area contributed by atoms with Crippen LogP contribution in [0.25, 0.3) is 0 Å². The zero-order chi connectivity index (χ0) is 31.8. The number of alkyl halides is 1. The van der Waals surface area contributed by atoms with Crippen LogP contribution in [0.15, 0.2) is 54.9 Å². The van der Waals surface area contributed by atoms with Crippen molar-refractivity contribution in [1.82, 2.24) is 25.1 Å². The van der Waals surface area contributed by atoms with Gasteiger partial charge in [0.1, 0.15) is 12.2 Å². The van der Waals surface area contributed by atoms with Crippen LogP contribution in [0.1, 0.15) is 65.1 Å². The molecule has 0 radical (unpaired) electrons. The molecule has 2 N–H and O–H groups in total. The number of carbonyl (C=O) groups excluding carboxylic acids is 3. The lowest BCUT2D eigenvalue weighted by Crippen LogP contribution is -2.52. The van der Waals surface area contributed by atoms with Crippen molar-refractivity contribution < 1.29 is 18.8 Å². The average Bonchev–Trinajstić information content (AvgIpc) is 3.39. The number of likely N-dealkylation sites (tertiary alicyclic amines) is 1. The third-order valence-electron chi connectivity index (χ3n) is 9.79. The first-order chi connectivity index (χ1) is 22.3. The highest BCUT2D eigenvalue weighted by atomic mass is 35.5. The van der Waals surface area contributed by atoms with E-state index in [1.165, 1.54) is 23.5 Å². The number of aromatic nitrogens is 2. The molecule has 4 aliphatic heterocycles. The molecule has 0 saturated carbocycles. The normalized spacial score (nSPS) is 24.2. The molecular formula is C34H37ClFN7O3. The fraction of sp³-hybridized carbons (Fsp3) is 0.441. The summed E-state index contributed by atoms with van der Waals surface area (Å²) in [7, 11) is 0. The number of benzene rings is 2. The summed E-state index contributed by atoms with van der Waals surface area (Å²) in [4.78, 5) is 51.4. The van der Waals surface area contributed by atoms with Gasteiger partial charge in [0.05, 0.1) is 30.0 Å². The van der Waals surface area contributed by atoms with Crippen molar-refractivity contribution in [3.63, 3.8) is 0 Å². The van der Waals surface area contributed by atoms with Crippen LogP contribution in [0.4, 0.5) is 16.0 Å². The molecule has 5 heterocycles. The number of rotatable bonds is 7. The second kappa shape index (κ2) is 13.0. The summed E-state index contributed by atoms with van der Waals surface area (Å²) in [6, 6.07) is 13.7. The predicted octanol–water partition coefficient (Wildman–Crippen LogP) is 4.30. The van der Waals surface area contributed by atoms with E-state index < -0.39 is 12.2 Å². The molecule has 4 aliphatic rings. The van der Waals surface area contributed by atoms with Gasteiger partial charge in [-0.05, 0) is 79.6 Å². The number of amides is 3. The second-order valence-electron chi connectivity index (χ2n) is 12.8. The van der Waals surface area contributed by atoms with Crippen molar-refractivity contribution in [2.24, 2.45) is 0 Å². The first kappa shape index (κ1) is 30.6. The first-order valence-corrected chi connectivity index (χ1v) is 16.4. The van der Waals surface area contributed by atoms with E-state index in [1.807, 2.05) is 6.07 Å². The average molecular weight is 646 g/mol. The molecule has 7 rings (SSSR count). The largest absolute Gasteiger partial charge is 0.368 e. The number of piperidine rings is 3. The summed E-state index contributed by atoms with van der Waals surface area (Å²) < 4.78 is 15.1. The van der Waals surface area contributed by atoms with Gasteiger partial charge in [0, 0.05) is 37.3 Å². The highest BCUT2D eigenvalue weighted by Gasteiger charge is 2.39. The van der Waals surface area contributed by atoms with Crippen molar-refractivity contribution in [2.75, 3.05) is 36.4 Å². The summed E-state index contributed by atoms with van der Waals surface area (Å²) in [6.07, 6.45) is 5.28. The quantitative estimate of drug-likeness (QED) is 0.366. The minimum absolute atomic E-state index is 0.132. The van der Waals surface area contributed by atoms with E-state index in [2.05, 4.69) is 66.8 Å².